The number of carbonyl (C=O) groups excluding carboxylic acids is 1. The first-order valence-corrected chi connectivity index (χ1v) is 9.12. The highest BCUT2D eigenvalue weighted by Gasteiger charge is 2.36. The van der Waals surface area contributed by atoms with Crippen molar-refractivity contribution in [1.82, 2.24) is 29.2 Å². The second-order valence-corrected chi connectivity index (χ2v) is 6.93. The summed E-state index contributed by atoms with van der Waals surface area (Å²) in [6.45, 7) is 4.28. The van der Waals surface area contributed by atoms with Gasteiger partial charge in [-0.2, -0.15) is 10.1 Å². The summed E-state index contributed by atoms with van der Waals surface area (Å²) in [5, 5.41) is 4.67. The van der Waals surface area contributed by atoms with E-state index in [0.717, 1.165) is 0 Å². The second-order valence-electron chi connectivity index (χ2n) is 6.93. The third-order valence-electron chi connectivity index (χ3n) is 5.18. The maximum atomic E-state index is 13.4. The van der Waals surface area contributed by atoms with Crippen LogP contribution in [0, 0.1) is 6.92 Å². The van der Waals surface area contributed by atoms with E-state index in [2.05, 4.69) is 15.1 Å². The molecule has 3 aromatic rings. The molecular weight excluding hydrogens is 370 g/mol. The van der Waals surface area contributed by atoms with Gasteiger partial charge in [0.2, 0.25) is 5.95 Å². The van der Waals surface area contributed by atoms with Gasteiger partial charge in [-0.1, -0.05) is 0 Å². The minimum Gasteiger partial charge on any atom is -0.338 e. The molecule has 1 amide bonds. The fraction of sp³-hybridized carbons (Fsp3) is 0.444. The number of aryl methyl sites for hydroxylation is 1. The van der Waals surface area contributed by atoms with E-state index in [1.807, 2.05) is 11.5 Å². The molecule has 0 radical (unpaired) electrons. The van der Waals surface area contributed by atoms with Crippen LogP contribution in [0.25, 0.3) is 17.0 Å². The van der Waals surface area contributed by atoms with Crippen LogP contribution in [-0.2, 0) is 6.54 Å². The zero-order chi connectivity index (χ0) is 20.1. The summed E-state index contributed by atoms with van der Waals surface area (Å²) in [5.74, 6) is -2.87. The van der Waals surface area contributed by atoms with E-state index in [0.29, 0.717) is 28.8 Å². The Labute approximate surface area is 158 Å². The molecule has 0 saturated carbocycles. The molecule has 0 aromatic carbocycles. The van der Waals surface area contributed by atoms with Crippen molar-refractivity contribution in [2.75, 3.05) is 13.1 Å². The van der Waals surface area contributed by atoms with Crippen molar-refractivity contribution in [2.45, 2.75) is 39.2 Å². The van der Waals surface area contributed by atoms with E-state index in [4.69, 9.17) is 0 Å². The van der Waals surface area contributed by atoms with Gasteiger partial charge in [0.15, 0.2) is 0 Å². The van der Waals surface area contributed by atoms with Gasteiger partial charge < -0.3 is 9.47 Å². The smallest absolute Gasteiger partial charge is 0.261 e. The number of amides is 1. The first-order valence-electron chi connectivity index (χ1n) is 9.12. The number of nitrogens with one attached hydrogen (secondary N) is 1. The maximum Gasteiger partial charge on any atom is 0.261 e. The number of hydrogen-bond donors (Lipinski definition) is 1. The topological polar surface area (TPSA) is 88.8 Å². The molecule has 10 heteroatoms. The highest BCUT2D eigenvalue weighted by atomic mass is 19.3. The predicted octanol–water partition coefficient (Wildman–Crippen LogP) is 2.11. The molecule has 1 N–H and O–H groups in total. The minimum atomic E-state index is -2.72. The molecule has 1 fully saturated rings. The zero-order valence-electron chi connectivity index (χ0n) is 15.6. The van der Waals surface area contributed by atoms with Crippen LogP contribution in [0.1, 0.15) is 35.8 Å². The van der Waals surface area contributed by atoms with Gasteiger partial charge in [0.1, 0.15) is 5.65 Å². The maximum absolute atomic E-state index is 13.4. The monoisotopic (exact) mass is 390 g/mol. The van der Waals surface area contributed by atoms with Gasteiger partial charge in [0.25, 0.3) is 17.4 Å². The molecule has 0 unspecified atom stereocenters. The van der Waals surface area contributed by atoms with Crippen molar-refractivity contribution in [3.8, 4) is 5.95 Å². The molecule has 0 atom stereocenters. The van der Waals surface area contributed by atoms with E-state index >= 15 is 0 Å². The van der Waals surface area contributed by atoms with Crippen LogP contribution in [0.4, 0.5) is 8.78 Å². The number of rotatable bonds is 3. The van der Waals surface area contributed by atoms with Crippen LogP contribution in [0.15, 0.2) is 23.3 Å². The minimum absolute atomic E-state index is 0.00150. The standard InChI is InChI=1S/C18H20F2N6O2/c1-3-24-7-4-12-14(24)22-17(23-15(12)27)26-11(2)13(10-21-26)16(28)25-8-5-18(19,20)6-9-25/h4,7,10H,3,5-6,8-9H2,1-2H3,(H,22,23,27). The Morgan fingerprint density at radius 1 is 1.32 bits per heavy atom. The van der Waals surface area contributed by atoms with Gasteiger partial charge in [-0.25, -0.2) is 13.5 Å². The molecule has 0 bridgehead atoms. The van der Waals surface area contributed by atoms with E-state index in [1.165, 1.54) is 15.8 Å². The van der Waals surface area contributed by atoms with Crippen LogP contribution in [-0.4, -0.2) is 54.1 Å². The summed E-state index contributed by atoms with van der Waals surface area (Å²) < 4.78 is 29.9. The number of fused-ring (bicyclic) bond motifs is 1. The van der Waals surface area contributed by atoms with Crippen LogP contribution in [0.3, 0.4) is 0 Å². The fourth-order valence-electron chi connectivity index (χ4n) is 3.46. The molecule has 4 rings (SSSR count). The van der Waals surface area contributed by atoms with Crippen LogP contribution in [0.5, 0.6) is 0 Å². The average molecular weight is 390 g/mol. The first kappa shape index (κ1) is 18.3. The number of carbonyl (C=O) groups is 1. The van der Waals surface area contributed by atoms with Gasteiger partial charge in [0.05, 0.1) is 22.8 Å². The number of hydrogen-bond acceptors (Lipinski definition) is 4. The quantitative estimate of drug-likeness (QED) is 0.742. The van der Waals surface area contributed by atoms with Crippen molar-refractivity contribution >= 4 is 16.9 Å². The zero-order valence-corrected chi connectivity index (χ0v) is 15.6. The number of alkyl halides is 2. The second kappa shape index (κ2) is 6.54. The number of H-pyrrole nitrogens is 1. The molecule has 1 aliphatic heterocycles. The van der Waals surface area contributed by atoms with Crippen molar-refractivity contribution in [3.63, 3.8) is 0 Å². The lowest BCUT2D eigenvalue weighted by Crippen LogP contribution is -2.42. The average Bonchev–Trinajstić information content (AvgIpc) is 3.24. The van der Waals surface area contributed by atoms with Crippen molar-refractivity contribution in [2.24, 2.45) is 0 Å². The summed E-state index contributed by atoms with van der Waals surface area (Å²) >= 11 is 0. The van der Waals surface area contributed by atoms with Crippen LogP contribution in [0.2, 0.25) is 0 Å². The summed E-state index contributed by atoms with van der Waals surface area (Å²) in [7, 11) is 0. The lowest BCUT2D eigenvalue weighted by molar-refractivity contribution is -0.0494. The van der Waals surface area contributed by atoms with Crippen molar-refractivity contribution in [3.05, 3.63) is 40.1 Å². The summed E-state index contributed by atoms with van der Waals surface area (Å²) in [4.78, 5) is 33.7. The largest absolute Gasteiger partial charge is 0.338 e. The Balaban J connectivity index is 1.68. The van der Waals surface area contributed by atoms with Crippen molar-refractivity contribution < 1.29 is 13.6 Å². The number of aromatic nitrogens is 5. The van der Waals surface area contributed by atoms with E-state index in [1.54, 1.807) is 19.2 Å². The van der Waals surface area contributed by atoms with Crippen molar-refractivity contribution in [1.29, 1.82) is 0 Å². The summed E-state index contributed by atoms with van der Waals surface area (Å²) in [5.41, 5.74) is 1.02. The highest BCUT2D eigenvalue weighted by Crippen LogP contribution is 2.28. The predicted molar refractivity (Wildman–Crippen MR) is 98.0 cm³/mol. The summed E-state index contributed by atoms with van der Waals surface area (Å²) in [6.07, 6.45) is 2.48. The molecule has 0 aliphatic carbocycles. The van der Waals surface area contributed by atoms with Crippen LogP contribution >= 0.6 is 0 Å². The van der Waals surface area contributed by atoms with E-state index in [-0.39, 0.29) is 43.3 Å². The highest BCUT2D eigenvalue weighted by molar-refractivity contribution is 5.95. The number of piperidine rings is 1. The van der Waals surface area contributed by atoms with Gasteiger partial charge >= 0.3 is 0 Å². The third-order valence-corrected chi connectivity index (χ3v) is 5.18. The number of aromatic amines is 1. The first-order chi connectivity index (χ1) is 13.3. The molecule has 3 aromatic heterocycles. The molecule has 0 spiro atoms. The molecule has 148 valence electrons. The lowest BCUT2D eigenvalue weighted by Gasteiger charge is -2.31. The number of likely N-dealkylation sites (tertiary alicyclic amines) is 1. The Kier molecular flexibility index (Phi) is 4.28. The molecule has 8 nitrogen and oxygen atoms in total. The Morgan fingerprint density at radius 3 is 2.71 bits per heavy atom. The number of halogens is 2. The Hall–Kier alpha value is -3.04. The Morgan fingerprint density at radius 2 is 2.04 bits per heavy atom. The molecule has 1 aliphatic rings. The molecular formula is C18H20F2N6O2. The molecule has 4 heterocycles. The van der Waals surface area contributed by atoms with Gasteiger partial charge in [-0.05, 0) is 19.9 Å². The van der Waals surface area contributed by atoms with E-state index in [9.17, 15) is 18.4 Å². The third kappa shape index (κ3) is 2.98. The number of nitrogens with zero attached hydrogens (tertiary/aromatic N) is 5. The van der Waals surface area contributed by atoms with E-state index < -0.39 is 5.92 Å². The fourth-order valence-corrected chi connectivity index (χ4v) is 3.46. The SMILES string of the molecule is CCn1ccc2c(=O)[nH]c(-n3ncc(C(=O)N4CCC(F)(F)CC4)c3C)nc21. The van der Waals surface area contributed by atoms with Gasteiger partial charge in [-0.3, -0.25) is 14.6 Å². The Bertz CT molecular complexity index is 1100. The molecule has 1 saturated heterocycles. The lowest BCUT2D eigenvalue weighted by atomic mass is 10.1. The normalized spacial score (nSPS) is 16.6. The summed E-state index contributed by atoms with van der Waals surface area (Å²) in [6, 6.07) is 1.70. The molecule has 28 heavy (non-hydrogen) atoms. The van der Waals surface area contributed by atoms with Crippen LogP contribution < -0.4 is 5.56 Å². The van der Waals surface area contributed by atoms with Gasteiger partial charge in [-0.15, -0.1) is 0 Å². The van der Waals surface area contributed by atoms with Gasteiger partial charge in [0, 0.05) is 38.7 Å².